The highest BCUT2D eigenvalue weighted by atomic mass is 79.9. The number of halogens is 1. The van der Waals surface area contributed by atoms with Gasteiger partial charge in [0.15, 0.2) is 0 Å². The number of rotatable bonds is 6. The van der Waals surface area contributed by atoms with Gasteiger partial charge < -0.3 is 0 Å². The van der Waals surface area contributed by atoms with Crippen molar-refractivity contribution in [3.63, 3.8) is 0 Å². The number of thioether (sulfide) groups is 1. The lowest BCUT2D eigenvalue weighted by atomic mass is 10.0. The molecule has 0 unspecified atom stereocenters. The minimum atomic E-state index is 0.936. The Morgan fingerprint density at radius 3 is 1.93 bits per heavy atom. The highest BCUT2D eigenvalue weighted by molar-refractivity contribution is 9.10. The van der Waals surface area contributed by atoms with Crippen LogP contribution >= 0.6 is 27.7 Å². The average Bonchev–Trinajstić information content (AvgIpc) is 2.81. The summed E-state index contributed by atoms with van der Waals surface area (Å²) in [6.07, 6.45) is 2.08. The van der Waals surface area contributed by atoms with E-state index in [1.54, 1.807) is 11.8 Å². The maximum Gasteiger partial charge on any atom is 0.0714 e. The van der Waals surface area contributed by atoms with Crippen molar-refractivity contribution in [2.75, 3.05) is 0 Å². The topological polar surface area (TPSA) is 12.4 Å². The third-order valence-corrected chi connectivity index (χ3v) is 5.88. The van der Waals surface area contributed by atoms with Gasteiger partial charge >= 0.3 is 0 Å². The van der Waals surface area contributed by atoms with Crippen molar-refractivity contribution in [1.82, 2.24) is 0 Å². The van der Waals surface area contributed by atoms with E-state index >= 15 is 0 Å². The van der Waals surface area contributed by atoms with Crippen LogP contribution in [0.25, 0.3) is 11.1 Å². The Kier molecular flexibility index (Phi) is 6.96. The van der Waals surface area contributed by atoms with E-state index in [0.717, 1.165) is 21.4 Å². The smallest absolute Gasteiger partial charge is 0.0714 e. The molecule has 0 heterocycles. The highest BCUT2D eigenvalue weighted by Crippen LogP contribution is 2.24. The van der Waals surface area contributed by atoms with E-state index in [4.69, 9.17) is 4.99 Å². The number of hydrogen-bond donors (Lipinski definition) is 0. The first kappa shape index (κ1) is 20.4. The van der Waals surface area contributed by atoms with Crippen LogP contribution in [-0.4, -0.2) is 5.71 Å². The molecule has 0 fully saturated rings. The second kappa shape index (κ2) is 10.2. The zero-order valence-corrected chi connectivity index (χ0v) is 18.7. The lowest BCUT2D eigenvalue weighted by Crippen LogP contribution is -1.96. The van der Waals surface area contributed by atoms with Gasteiger partial charge in [0.2, 0.25) is 0 Å². The first-order chi connectivity index (χ1) is 14.8. The summed E-state index contributed by atoms with van der Waals surface area (Å²) in [6.45, 7) is 0. The summed E-state index contributed by atoms with van der Waals surface area (Å²) in [4.78, 5) is 6.07. The Hall–Kier alpha value is -2.88. The van der Waals surface area contributed by atoms with Crippen molar-refractivity contribution in [3.05, 3.63) is 131 Å². The summed E-state index contributed by atoms with van der Waals surface area (Å²) in [5, 5.41) is 2.09. The molecule has 0 aliphatic rings. The summed E-state index contributed by atoms with van der Waals surface area (Å²) >= 11 is 5.16. The molecule has 3 heteroatoms. The zero-order chi connectivity index (χ0) is 20.6. The molecule has 0 saturated heterocycles. The van der Waals surface area contributed by atoms with Gasteiger partial charge in [-0.05, 0) is 59.0 Å². The van der Waals surface area contributed by atoms with Gasteiger partial charge in [0.1, 0.15) is 0 Å². The number of aliphatic imine (C=N–C) groups is 1. The Bertz CT molecular complexity index is 1130. The van der Waals surface area contributed by atoms with Gasteiger partial charge in [-0.3, -0.25) is 0 Å². The zero-order valence-electron chi connectivity index (χ0n) is 16.3. The lowest BCUT2D eigenvalue weighted by Gasteiger charge is -2.06. The standard InChI is InChI=1S/C27H20BrNS/c28-24-15-17-26(18-16-24)30-20-19-27(29-25-9-5-2-6-10-25)23-13-11-22(12-14-23)21-7-3-1-4-8-21/h1-20H. The van der Waals surface area contributed by atoms with Crippen LogP contribution in [0.15, 0.2) is 135 Å². The fraction of sp³-hybridized carbons (Fsp3) is 0. The predicted octanol–water partition coefficient (Wildman–Crippen LogP) is 8.54. The van der Waals surface area contributed by atoms with Gasteiger partial charge in [-0.15, -0.1) is 0 Å². The molecule has 0 aromatic heterocycles. The third-order valence-electron chi connectivity index (χ3n) is 4.54. The fourth-order valence-electron chi connectivity index (χ4n) is 2.99. The molecule has 4 aromatic carbocycles. The number of benzene rings is 4. The van der Waals surface area contributed by atoms with Crippen molar-refractivity contribution in [1.29, 1.82) is 0 Å². The largest absolute Gasteiger partial charge is 0.248 e. The Balaban J connectivity index is 1.61. The number of nitrogens with zero attached hydrogens (tertiary/aromatic N) is 1. The van der Waals surface area contributed by atoms with Gasteiger partial charge in [-0.25, -0.2) is 4.99 Å². The van der Waals surface area contributed by atoms with Crippen LogP contribution in [-0.2, 0) is 0 Å². The van der Waals surface area contributed by atoms with E-state index in [2.05, 4.69) is 100 Å². The number of hydrogen-bond acceptors (Lipinski definition) is 2. The normalized spacial score (nSPS) is 11.7. The quantitative estimate of drug-likeness (QED) is 0.203. The molecule has 146 valence electrons. The summed E-state index contributed by atoms with van der Waals surface area (Å²) < 4.78 is 1.08. The van der Waals surface area contributed by atoms with E-state index in [9.17, 15) is 0 Å². The first-order valence-electron chi connectivity index (χ1n) is 9.66. The first-order valence-corrected chi connectivity index (χ1v) is 11.3. The van der Waals surface area contributed by atoms with E-state index in [1.807, 2.05) is 36.4 Å². The summed E-state index contributed by atoms with van der Waals surface area (Å²) in [7, 11) is 0. The van der Waals surface area contributed by atoms with Crippen molar-refractivity contribution >= 4 is 39.1 Å². The van der Waals surface area contributed by atoms with Crippen molar-refractivity contribution in [2.24, 2.45) is 4.99 Å². The molecule has 0 bridgehead atoms. The number of para-hydroxylation sites is 1. The van der Waals surface area contributed by atoms with Gasteiger partial charge in [0.25, 0.3) is 0 Å². The van der Waals surface area contributed by atoms with Crippen LogP contribution in [0.4, 0.5) is 5.69 Å². The molecule has 0 aliphatic carbocycles. The second-order valence-corrected chi connectivity index (χ2v) is 8.55. The second-order valence-electron chi connectivity index (χ2n) is 6.65. The molecule has 0 amide bonds. The maximum absolute atomic E-state index is 4.89. The SMILES string of the molecule is Brc1ccc(SC=CC(=Nc2ccccc2)c2ccc(-c3ccccc3)cc2)cc1. The molecule has 1 nitrogen and oxygen atoms in total. The molecule has 0 spiro atoms. The van der Waals surface area contributed by atoms with Crippen molar-refractivity contribution < 1.29 is 0 Å². The summed E-state index contributed by atoms with van der Waals surface area (Å²) in [6, 6.07) is 37.4. The molecular weight excluding hydrogens is 450 g/mol. The monoisotopic (exact) mass is 469 g/mol. The van der Waals surface area contributed by atoms with E-state index in [1.165, 1.54) is 16.0 Å². The molecule has 0 aliphatic heterocycles. The van der Waals surface area contributed by atoms with Gasteiger partial charge in [0.05, 0.1) is 11.4 Å². The molecular formula is C27H20BrNS. The van der Waals surface area contributed by atoms with E-state index in [-0.39, 0.29) is 0 Å². The minimum Gasteiger partial charge on any atom is -0.248 e. The lowest BCUT2D eigenvalue weighted by molar-refractivity contribution is 1.45. The maximum atomic E-state index is 4.89. The molecule has 4 rings (SSSR count). The average molecular weight is 470 g/mol. The van der Waals surface area contributed by atoms with Gasteiger partial charge in [-0.2, -0.15) is 0 Å². The molecule has 0 radical (unpaired) electrons. The molecule has 0 saturated carbocycles. The van der Waals surface area contributed by atoms with Crippen molar-refractivity contribution in [2.45, 2.75) is 4.90 Å². The fourth-order valence-corrected chi connectivity index (χ4v) is 3.91. The molecule has 4 aromatic rings. The molecule has 0 atom stereocenters. The highest BCUT2D eigenvalue weighted by Gasteiger charge is 2.03. The predicted molar refractivity (Wildman–Crippen MR) is 134 cm³/mol. The van der Waals surface area contributed by atoms with Crippen LogP contribution in [0.3, 0.4) is 0 Å². The van der Waals surface area contributed by atoms with Gasteiger partial charge in [0, 0.05) is 14.9 Å². The summed E-state index contributed by atoms with van der Waals surface area (Å²) in [5.41, 5.74) is 5.38. The minimum absolute atomic E-state index is 0.936. The van der Waals surface area contributed by atoms with Crippen LogP contribution in [0.5, 0.6) is 0 Å². The van der Waals surface area contributed by atoms with E-state index in [0.29, 0.717) is 0 Å². The van der Waals surface area contributed by atoms with Crippen LogP contribution < -0.4 is 0 Å². The Labute approximate surface area is 190 Å². The van der Waals surface area contributed by atoms with Crippen LogP contribution in [0.1, 0.15) is 5.56 Å². The number of allylic oxidation sites excluding steroid dienone is 1. The third kappa shape index (κ3) is 5.59. The van der Waals surface area contributed by atoms with Crippen molar-refractivity contribution in [3.8, 4) is 11.1 Å². The molecule has 30 heavy (non-hydrogen) atoms. The Morgan fingerprint density at radius 1 is 0.667 bits per heavy atom. The van der Waals surface area contributed by atoms with Crippen LogP contribution in [0, 0.1) is 0 Å². The van der Waals surface area contributed by atoms with Gasteiger partial charge in [-0.1, -0.05) is 100 Å². The van der Waals surface area contributed by atoms with E-state index < -0.39 is 0 Å². The Morgan fingerprint density at radius 2 is 1.27 bits per heavy atom. The summed E-state index contributed by atoms with van der Waals surface area (Å²) in [5.74, 6) is 0. The molecule has 0 N–H and O–H groups in total. The van der Waals surface area contributed by atoms with Crippen LogP contribution in [0.2, 0.25) is 0 Å².